The summed E-state index contributed by atoms with van der Waals surface area (Å²) in [4.78, 5) is 24.4. The highest BCUT2D eigenvalue weighted by Gasteiger charge is 2.38. The lowest BCUT2D eigenvalue weighted by atomic mass is 10.1. The van der Waals surface area contributed by atoms with E-state index in [2.05, 4.69) is 19.9 Å². The number of hydrogen-bond acceptors (Lipinski definition) is 6. The number of carbonyl (C=O) groups is 1. The van der Waals surface area contributed by atoms with Crippen molar-refractivity contribution in [2.75, 3.05) is 0 Å². The van der Waals surface area contributed by atoms with Gasteiger partial charge in [-0.1, -0.05) is 0 Å². The molecule has 3 aromatic rings. The van der Waals surface area contributed by atoms with Crippen LogP contribution in [-0.4, -0.2) is 45.6 Å². The number of nitrogens with one attached hydrogen (secondary N) is 1. The number of halogens is 3. The first-order valence-electron chi connectivity index (χ1n) is 7.64. The van der Waals surface area contributed by atoms with Crippen LogP contribution >= 0.6 is 0 Å². The molecule has 3 heterocycles. The summed E-state index contributed by atoms with van der Waals surface area (Å²) in [5.41, 5.74) is 3.00. The second kappa shape index (κ2) is 8.36. The maximum absolute atomic E-state index is 11.4. The Balaban J connectivity index is 0.000000370. The number of aromatic nitrogens is 4. The van der Waals surface area contributed by atoms with E-state index >= 15 is 0 Å². The number of H-pyrrole nitrogens is 1. The third-order valence-corrected chi connectivity index (χ3v) is 4.20. The van der Waals surface area contributed by atoms with Crippen molar-refractivity contribution in [3.8, 4) is 22.6 Å². The number of nitrogens with two attached hydrogens (primary N) is 1. The summed E-state index contributed by atoms with van der Waals surface area (Å²) in [5.74, 6) is -2.11. The Bertz CT molecular complexity index is 1130. The van der Waals surface area contributed by atoms with Crippen LogP contribution in [0.15, 0.2) is 47.9 Å². The molecule has 3 rings (SSSR count). The second-order valence-corrected chi connectivity index (χ2v) is 7.16. The maximum Gasteiger partial charge on any atom is 0.490 e. The number of aryl methyl sites for hydroxylation is 1. The maximum atomic E-state index is 11.4. The normalized spacial score (nSPS) is 11.5. The number of rotatable bonds is 3. The topological polar surface area (TPSA) is 152 Å². The highest BCUT2D eigenvalue weighted by atomic mass is 32.2. The molecule has 29 heavy (non-hydrogen) atoms. The molecule has 0 unspecified atom stereocenters. The molecule has 0 saturated carbocycles. The van der Waals surface area contributed by atoms with E-state index in [9.17, 15) is 21.6 Å². The van der Waals surface area contributed by atoms with Crippen molar-refractivity contribution >= 4 is 16.0 Å². The number of imidazole rings is 1. The minimum absolute atomic E-state index is 0.0304. The number of primary sulfonamides is 1. The van der Waals surface area contributed by atoms with Crippen LogP contribution in [0.2, 0.25) is 0 Å². The first kappa shape index (κ1) is 22.0. The number of aliphatic carboxylic acids is 1. The zero-order valence-corrected chi connectivity index (χ0v) is 15.5. The zero-order valence-electron chi connectivity index (χ0n) is 14.7. The molecule has 154 valence electrons. The number of nitrogens with zero attached hydrogens (tertiary/aromatic N) is 3. The highest BCUT2D eigenvalue weighted by Crippen LogP contribution is 2.24. The van der Waals surface area contributed by atoms with Gasteiger partial charge in [-0.15, -0.1) is 0 Å². The van der Waals surface area contributed by atoms with E-state index in [1.165, 1.54) is 12.3 Å². The standard InChI is InChI=1S/C14H13N5O2S.C2HF3O2/c1-9-6-18-14(19-9)13-5-10(2-3-17-13)11-4-12(8-16-7-11)22(15,20)21;3-2(4,5)1(6)7/h2-8H,1H3,(H,18,19)(H2,15,20,21);(H,6,7). The van der Waals surface area contributed by atoms with Crippen molar-refractivity contribution in [2.45, 2.75) is 18.0 Å². The average molecular weight is 429 g/mol. The Morgan fingerprint density at radius 3 is 2.31 bits per heavy atom. The quantitative estimate of drug-likeness (QED) is 0.577. The van der Waals surface area contributed by atoms with E-state index in [4.69, 9.17) is 15.0 Å². The number of carboxylic acids is 1. The summed E-state index contributed by atoms with van der Waals surface area (Å²) >= 11 is 0. The van der Waals surface area contributed by atoms with E-state index in [-0.39, 0.29) is 4.90 Å². The van der Waals surface area contributed by atoms with Crippen molar-refractivity contribution in [1.29, 1.82) is 0 Å². The lowest BCUT2D eigenvalue weighted by Crippen LogP contribution is -2.21. The van der Waals surface area contributed by atoms with Crippen LogP contribution in [-0.2, 0) is 14.8 Å². The molecule has 3 aromatic heterocycles. The van der Waals surface area contributed by atoms with Gasteiger partial charge >= 0.3 is 12.1 Å². The van der Waals surface area contributed by atoms with Crippen LogP contribution in [0.25, 0.3) is 22.6 Å². The average Bonchev–Trinajstić information content (AvgIpc) is 3.07. The van der Waals surface area contributed by atoms with Gasteiger partial charge in [-0.2, -0.15) is 13.2 Å². The predicted octanol–water partition coefficient (Wildman–Crippen LogP) is 2.12. The van der Waals surface area contributed by atoms with E-state index < -0.39 is 22.2 Å². The van der Waals surface area contributed by atoms with Gasteiger partial charge in [0.05, 0.1) is 0 Å². The Kier molecular flexibility index (Phi) is 6.34. The van der Waals surface area contributed by atoms with Gasteiger partial charge in [-0.05, 0) is 30.7 Å². The Hall–Kier alpha value is -3.32. The number of hydrogen-bond donors (Lipinski definition) is 3. The van der Waals surface area contributed by atoms with Crippen molar-refractivity contribution in [1.82, 2.24) is 19.9 Å². The number of sulfonamides is 1. The summed E-state index contributed by atoms with van der Waals surface area (Å²) in [6.07, 6.45) is 1.05. The Labute approximate surface area is 162 Å². The van der Waals surface area contributed by atoms with Crippen LogP contribution in [0, 0.1) is 6.92 Å². The van der Waals surface area contributed by atoms with Crippen molar-refractivity contribution < 1.29 is 31.5 Å². The molecule has 0 fully saturated rings. The van der Waals surface area contributed by atoms with Crippen LogP contribution < -0.4 is 5.14 Å². The molecule has 13 heteroatoms. The van der Waals surface area contributed by atoms with Crippen LogP contribution in [0.1, 0.15) is 5.69 Å². The van der Waals surface area contributed by atoms with E-state index in [0.717, 1.165) is 11.3 Å². The largest absolute Gasteiger partial charge is 0.490 e. The van der Waals surface area contributed by atoms with Gasteiger partial charge in [0.1, 0.15) is 10.6 Å². The SMILES string of the molecule is Cc1cnc(-c2cc(-c3cncc(S(N)(=O)=O)c3)ccn2)[nH]1.O=C(O)C(F)(F)F. The lowest BCUT2D eigenvalue weighted by molar-refractivity contribution is -0.192. The third kappa shape index (κ3) is 6.08. The molecule has 0 saturated heterocycles. The molecular formula is C16H14F3N5O4S. The van der Waals surface area contributed by atoms with Crippen LogP contribution in [0.5, 0.6) is 0 Å². The molecule has 9 nitrogen and oxygen atoms in total. The lowest BCUT2D eigenvalue weighted by Gasteiger charge is -2.05. The molecule has 0 amide bonds. The van der Waals surface area contributed by atoms with Crippen molar-refractivity contribution in [2.24, 2.45) is 5.14 Å². The fourth-order valence-electron chi connectivity index (χ4n) is 2.01. The zero-order chi connectivity index (χ0) is 21.8. The molecule has 4 N–H and O–H groups in total. The minimum Gasteiger partial charge on any atom is -0.475 e. The number of alkyl halides is 3. The fourth-order valence-corrected chi connectivity index (χ4v) is 2.51. The first-order chi connectivity index (χ1) is 13.4. The van der Waals surface area contributed by atoms with Gasteiger partial charge in [0.15, 0.2) is 5.82 Å². The molecular weight excluding hydrogens is 415 g/mol. The number of aromatic amines is 1. The molecule has 0 spiro atoms. The number of pyridine rings is 2. The van der Waals surface area contributed by atoms with Gasteiger partial charge in [0.25, 0.3) is 0 Å². The van der Waals surface area contributed by atoms with Gasteiger partial charge in [-0.25, -0.2) is 23.3 Å². The Morgan fingerprint density at radius 2 is 1.79 bits per heavy atom. The molecule has 0 aliphatic rings. The van der Waals surface area contributed by atoms with Crippen LogP contribution in [0.3, 0.4) is 0 Å². The van der Waals surface area contributed by atoms with Gasteiger partial charge < -0.3 is 10.1 Å². The van der Waals surface area contributed by atoms with Crippen molar-refractivity contribution in [3.05, 3.63) is 48.7 Å². The molecule has 0 aromatic carbocycles. The summed E-state index contributed by atoms with van der Waals surface area (Å²) in [6.45, 7) is 1.90. The first-order valence-corrected chi connectivity index (χ1v) is 9.19. The van der Waals surface area contributed by atoms with Gasteiger partial charge in [0.2, 0.25) is 10.0 Å². The van der Waals surface area contributed by atoms with E-state index in [1.54, 1.807) is 24.7 Å². The van der Waals surface area contributed by atoms with Gasteiger partial charge in [0, 0.05) is 36.0 Å². The molecule has 0 atom stereocenters. The molecule has 0 aliphatic heterocycles. The summed E-state index contributed by atoms with van der Waals surface area (Å²) < 4.78 is 54.6. The van der Waals surface area contributed by atoms with E-state index in [1.807, 2.05) is 13.0 Å². The molecule has 0 bridgehead atoms. The summed E-state index contributed by atoms with van der Waals surface area (Å²) in [7, 11) is -3.79. The Morgan fingerprint density at radius 1 is 1.14 bits per heavy atom. The summed E-state index contributed by atoms with van der Waals surface area (Å²) in [5, 5.41) is 12.3. The molecule has 0 radical (unpaired) electrons. The minimum atomic E-state index is -5.08. The highest BCUT2D eigenvalue weighted by molar-refractivity contribution is 7.89. The van der Waals surface area contributed by atoms with Crippen LogP contribution in [0.4, 0.5) is 13.2 Å². The molecule has 0 aliphatic carbocycles. The monoisotopic (exact) mass is 429 g/mol. The fraction of sp³-hybridized carbons (Fsp3) is 0.125. The number of carboxylic acid groups (broad SMARTS) is 1. The van der Waals surface area contributed by atoms with Gasteiger partial charge in [-0.3, -0.25) is 9.97 Å². The predicted molar refractivity (Wildman–Crippen MR) is 94.9 cm³/mol. The smallest absolute Gasteiger partial charge is 0.475 e. The third-order valence-electron chi connectivity index (χ3n) is 3.32. The van der Waals surface area contributed by atoms with Crippen molar-refractivity contribution in [3.63, 3.8) is 0 Å². The second-order valence-electron chi connectivity index (χ2n) is 5.60. The van der Waals surface area contributed by atoms with E-state index in [0.29, 0.717) is 17.1 Å². The summed E-state index contributed by atoms with van der Waals surface area (Å²) in [6, 6.07) is 5.06.